The van der Waals surface area contributed by atoms with Crippen LogP contribution in [0, 0.1) is 10.1 Å². The molecule has 14 heavy (non-hydrogen) atoms. The number of hydrogen-bond acceptors (Lipinski definition) is 4. The van der Waals surface area contributed by atoms with E-state index in [9.17, 15) is 14.9 Å². The first-order chi connectivity index (χ1) is 6.58. The molecule has 1 aliphatic rings. The number of guanidine groups is 1. The topological polar surface area (TPSA) is 106 Å². The molecule has 1 aliphatic heterocycles. The van der Waals surface area contributed by atoms with Crippen LogP contribution < -0.4 is 10.6 Å². The van der Waals surface area contributed by atoms with Crippen molar-refractivity contribution in [3.8, 4) is 0 Å². The lowest BCUT2D eigenvalue weighted by atomic mass is 10.3. The molecule has 0 spiro atoms. The van der Waals surface area contributed by atoms with Crippen molar-refractivity contribution in [3.63, 3.8) is 0 Å². The molecular formula is C6H10N4O4. The second-order valence-electron chi connectivity index (χ2n) is 2.68. The third-order valence-corrected chi connectivity index (χ3v) is 1.51. The molecule has 0 radical (unpaired) electrons. The van der Waals surface area contributed by atoms with Gasteiger partial charge in [-0.05, 0) is 0 Å². The van der Waals surface area contributed by atoms with Crippen molar-refractivity contribution in [1.29, 1.82) is 0 Å². The standard InChI is InChI=1S/C6H10N4O4/c1-4(11)14-5-2-7-6(8-3-5)9-10(12)13/h5H,2-3H2,1H3,(H2,7,8,9). The number of esters is 1. The maximum absolute atomic E-state index is 10.6. The predicted octanol–water partition coefficient (Wildman–Crippen LogP) is -1.34. The van der Waals surface area contributed by atoms with Crippen LogP contribution in [0.5, 0.6) is 0 Å². The normalized spacial score (nSPS) is 20.4. The summed E-state index contributed by atoms with van der Waals surface area (Å²) in [5.41, 5.74) is 0. The van der Waals surface area contributed by atoms with Gasteiger partial charge in [-0.1, -0.05) is 0 Å². The number of rotatable bonds is 2. The minimum absolute atomic E-state index is 0.0819. The molecule has 78 valence electrons. The second-order valence-corrected chi connectivity index (χ2v) is 2.68. The van der Waals surface area contributed by atoms with E-state index < -0.39 is 5.03 Å². The van der Waals surface area contributed by atoms with E-state index in [1.54, 1.807) is 0 Å². The number of carbonyl (C=O) groups is 1. The SMILES string of the molecule is CC(=O)OC1CNC(=N[N+](=O)[O-])NC1. The monoisotopic (exact) mass is 202 g/mol. The number of ether oxygens (including phenoxy) is 1. The molecule has 0 unspecified atom stereocenters. The van der Waals surface area contributed by atoms with Crippen molar-refractivity contribution >= 4 is 11.9 Å². The van der Waals surface area contributed by atoms with Gasteiger partial charge in [0.25, 0.3) is 5.96 Å². The number of hydrogen-bond donors (Lipinski definition) is 2. The summed E-state index contributed by atoms with van der Waals surface area (Å²) in [6.45, 7) is 1.94. The Kier molecular flexibility index (Phi) is 3.21. The molecular weight excluding hydrogens is 192 g/mol. The van der Waals surface area contributed by atoms with Gasteiger partial charge in [0.05, 0.1) is 13.1 Å². The zero-order valence-corrected chi connectivity index (χ0v) is 7.52. The molecule has 8 heteroatoms. The van der Waals surface area contributed by atoms with Crippen LogP contribution in [0.1, 0.15) is 6.92 Å². The predicted molar refractivity (Wildman–Crippen MR) is 46.0 cm³/mol. The van der Waals surface area contributed by atoms with E-state index in [4.69, 9.17) is 4.74 Å². The number of nitrogens with zero attached hydrogens (tertiary/aromatic N) is 2. The highest BCUT2D eigenvalue weighted by molar-refractivity contribution is 5.80. The second kappa shape index (κ2) is 4.40. The van der Waals surface area contributed by atoms with Crippen LogP contribution in [0.4, 0.5) is 0 Å². The van der Waals surface area contributed by atoms with E-state index in [1.807, 2.05) is 0 Å². The molecule has 2 N–H and O–H groups in total. The highest BCUT2D eigenvalue weighted by Gasteiger charge is 2.20. The number of carbonyl (C=O) groups excluding carboxylic acids is 1. The van der Waals surface area contributed by atoms with Crippen LogP contribution in [0.3, 0.4) is 0 Å². The molecule has 8 nitrogen and oxygen atoms in total. The zero-order valence-electron chi connectivity index (χ0n) is 7.52. The van der Waals surface area contributed by atoms with Crippen LogP contribution in [-0.2, 0) is 9.53 Å². The van der Waals surface area contributed by atoms with Crippen molar-refractivity contribution < 1.29 is 14.6 Å². The summed E-state index contributed by atoms with van der Waals surface area (Å²) in [6, 6.07) is 0. The molecule has 0 atom stereocenters. The molecule has 1 heterocycles. The minimum atomic E-state index is -0.804. The summed E-state index contributed by atoms with van der Waals surface area (Å²) in [5, 5.41) is 17.5. The van der Waals surface area contributed by atoms with Gasteiger partial charge >= 0.3 is 5.97 Å². The summed E-state index contributed by atoms with van der Waals surface area (Å²) in [7, 11) is 0. The van der Waals surface area contributed by atoms with Gasteiger partial charge in [-0.15, -0.1) is 0 Å². The van der Waals surface area contributed by atoms with Crippen molar-refractivity contribution in [1.82, 2.24) is 10.6 Å². The Labute approximate surface area is 79.5 Å². The lowest BCUT2D eigenvalue weighted by Gasteiger charge is -2.23. The van der Waals surface area contributed by atoms with Gasteiger partial charge in [-0.3, -0.25) is 4.79 Å². The maximum Gasteiger partial charge on any atom is 0.303 e. The lowest BCUT2D eigenvalue weighted by molar-refractivity contribution is -0.485. The molecule has 0 amide bonds. The first-order valence-corrected chi connectivity index (χ1v) is 3.96. The van der Waals surface area contributed by atoms with Gasteiger partial charge in [0.15, 0.2) is 5.03 Å². The third kappa shape index (κ3) is 3.25. The Morgan fingerprint density at radius 1 is 1.64 bits per heavy atom. The van der Waals surface area contributed by atoms with E-state index in [0.717, 1.165) is 0 Å². The first-order valence-electron chi connectivity index (χ1n) is 3.96. The molecule has 0 saturated carbocycles. The van der Waals surface area contributed by atoms with Gasteiger partial charge in [-0.2, -0.15) is 0 Å². The van der Waals surface area contributed by atoms with Crippen molar-refractivity contribution in [3.05, 3.63) is 10.1 Å². The van der Waals surface area contributed by atoms with Gasteiger partial charge in [0, 0.05) is 6.92 Å². The summed E-state index contributed by atoms with van der Waals surface area (Å²) in [5.74, 6) is -0.299. The van der Waals surface area contributed by atoms with E-state index in [1.165, 1.54) is 6.92 Å². The van der Waals surface area contributed by atoms with Crippen molar-refractivity contribution in [2.24, 2.45) is 5.10 Å². The smallest absolute Gasteiger partial charge is 0.303 e. The van der Waals surface area contributed by atoms with Crippen molar-refractivity contribution in [2.45, 2.75) is 13.0 Å². The van der Waals surface area contributed by atoms with E-state index in [0.29, 0.717) is 13.1 Å². The van der Waals surface area contributed by atoms with Gasteiger partial charge in [0.1, 0.15) is 11.2 Å². The summed E-state index contributed by atoms with van der Waals surface area (Å²) >= 11 is 0. The fraction of sp³-hybridized carbons (Fsp3) is 0.667. The number of nitrogens with one attached hydrogen (secondary N) is 2. The quantitative estimate of drug-likeness (QED) is 0.326. The zero-order chi connectivity index (χ0) is 10.6. The van der Waals surface area contributed by atoms with Crippen molar-refractivity contribution in [2.75, 3.05) is 13.1 Å². The van der Waals surface area contributed by atoms with Gasteiger partial charge in [-0.25, -0.2) is 10.1 Å². The Morgan fingerprint density at radius 3 is 2.64 bits per heavy atom. The van der Waals surface area contributed by atoms with Crippen LogP contribution in [-0.4, -0.2) is 36.2 Å². The average Bonchev–Trinajstić information content (AvgIpc) is 2.06. The molecule has 0 aliphatic carbocycles. The van der Waals surface area contributed by atoms with Crippen LogP contribution in [0.2, 0.25) is 0 Å². The van der Waals surface area contributed by atoms with Crippen LogP contribution in [0.15, 0.2) is 5.10 Å². The Morgan fingerprint density at radius 2 is 2.21 bits per heavy atom. The third-order valence-electron chi connectivity index (χ3n) is 1.51. The molecule has 1 saturated heterocycles. The molecule has 0 aromatic carbocycles. The Hall–Kier alpha value is -1.86. The largest absolute Gasteiger partial charge is 0.459 e. The fourth-order valence-electron chi connectivity index (χ4n) is 1.03. The summed E-state index contributed by atoms with van der Waals surface area (Å²) in [4.78, 5) is 20.5. The molecule has 0 bridgehead atoms. The van der Waals surface area contributed by atoms with Gasteiger partial charge < -0.3 is 15.4 Å². The van der Waals surface area contributed by atoms with E-state index >= 15 is 0 Å². The molecule has 1 rings (SSSR count). The number of hydrazone groups is 1. The minimum Gasteiger partial charge on any atom is -0.459 e. The molecule has 1 fully saturated rings. The van der Waals surface area contributed by atoms with E-state index in [2.05, 4.69) is 15.7 Å². The number of nitro groups is 1. The lowest BCUT2D eigenvalue weighted by Crippen LogP contribution is -2.53. The average molecular weight is 202 g/mol. The van der Waals surface area contributed by atoms with E-state index in [-0.39, 0.29) is 18.0 Å². The maximum atomic E-state index is 10.6. The van der Waals surface area contributed by atoms with Gasteiger partial charge in [0.2, 0.25) is 0 Å². The Bertz CT molecular complexity index is 267. The van der Waals surface area contributed by atoms with Crippen LogP contribution in [0.25, 0.3) is 0 Å². The first kappa shape index (κ1) is 10.2. The Balaban J connectivity index is 2.38. The molecule has 0 aromatic rings. The fourth-order valence-corrected chi connectivity index (χ4v) is 1.03. The molecule has 0 aromatic heterocycles. The summed E-state index contributed by atoms with van der Waals surface area (Å²) in [6.07, 6.45) is -0.321. The van der Waals surface area contributed by atoms with Crippen LogP contribution >= 0.6 is 0 Å². The highest BCUT2D eigenvalue weighted by Crippen LogP contribution is 1.94. The highest BCUT2D eigenvalue weighted by atomic mass is 16.7. The summed E-state index contributed by atoms with van der Waals surface area (Å²) < 4.78 is 4.86.